The summed E-state index contributed by atoms with van der Waals surface area (Å²) in [5.74, 6) is 0.982. The molecule has 94 valence electrons. The molecule has 1 aromatic heterocycles. The Balaban J connectivity index is 1.69. The van der Waals surface area contributed by atoms with Crippen LogP contribution in [0.1, 0.15) is 29.9 Å². The molecule has 0 fully saturated rings. The maximum absolute atomic E-state index is 5.40. The van der Waals surface area contributed by atoms with Crippen molar-refractivity contribution in [1.29, 1.82) is 0 Å². The van der Waals surface area contributed by atoms with Gasteiger partial charge in [-0.15, -0.1) is 0 Å². The van der Waals surface area contributed by atoms with Crippen molar-refractivity contribution in [2.24, 2.45) is 0 Å². The van der Waals surface area contributed by atoms with Crippen LogP contribution in [-0.2, 0) is 13.0 Å². The van der Waals surface area contributed by atoms with Crippen molar-refractivity contribution >= 4 is 5.69 Å². The highest BCUT2D eigenvalue weighted by Crippen LogP contribution is 2.26. The Bertz CT molecular complexity index is 519. The molecule has 0 saturated heterocycles. The Morgan fingerprint density at radius 3 is 3.11 bits per heavy atom. The summed E-state index contributed by atoms with van der Waals surface area (Å²) < 4.78 is 5.40. The predicted molar refractivity (Wildman–Crippen MR) is 72.6 cm³/mol. The second-order valence-electron chi connectivity index (χ2n) is 4.75. The van der Waals surface area contributed by atoms with Gasteiger partial charge < -0.3 is 15.1 Å². The van der Waals surface area contributed by atoms with Crippen LogP contribution in [0.15, 0.2) is 41.0 Å². The summed E-state index contributed by atoms with van der Waals surface area (Å²) >= 11 is 0. The largest absolute Gasteiger partial charge is 0.468 e. The SMILES string of the molecule is C[C@H](NCc1cccc2c1NCC2)c1ccco1. The van der Waals surface area contributed by atoms with E-state index >= 15 is 0 Å². The number of para-hydroxylation sites is 1. The summed E-state index contributed by atoms with van der Waals surface area (Å²) in [7, 11) is 0. The lowest BCUT2D eigenvalue weighted by atomic mass is 10.1. The number of rotatable bonds is 4. The minimum absolute atomic E-state index is 0.234. The third kappa shape index (κ3) is 2.14. The highest BCUT2D eigenvalue weighted by atomic mass is 16.3. The molecule has 0 radical (unpaired) electrons. The van der Waals surface area contributed by atoms with E-state index in [1.54, 1.807) is 6.26 Å². The molecule has 0 bridgehead atoms. The third-order valence-electron chi connectivity index (χ3n) is 3.50. The van der Waals surface area contributed by atoms with E-state index in [2.05, 4.69) is 35.8 Å². The Morgan fingerprint density at radius 1 is 1.33 bits per heavy atom. The first-order chi connectivity index (χ1) is 8.84. The van der Waals surface area contributed by atoms with Gasteiger partial charge in [0, 0.05) is 18.8 Å². The summed E-state index contributed by atoms with van der Waals surface area (Å²) in [6, 6.07) is 10.7. The standard InChI is InChI=1S/C15H18N2O/c1-11(14-6-3-9-18-14)17-10-13-5-2-4-12-7-8-16-15(12)13/h2-6,9,11,16-17H,7-8,10H2,1H3/t11-/m0/s1. The Kier molecular flexibility index (Phi) is 3.07. The highest BCUT2D eigenvalue weighted by molar-refractivity contribution is 5.61. The van der Waals surface area contributed by atoms with Crippen molar-refractivity contribution in [3.63, 3.8) is 0 Å². The molecule has 1 aliphatic rings. The van der Waals surface area contributed by atoms with E-state index in [-0.39, 0.29) is 6.04 Å². The summed E-state index contributed by atoms with van der Waals surface area (Å²) in [5.41, 5.74) is 4.08. The lowest BCUT2D eigenvalue weighted by molar-refractivity contribution is 0.430. The molecule has 3 nitrogen and oxygen atoms in total. The van der Waals surface area contributed by atoms with Crippen molar-refractivity contribution in [1.82, 2.24) is 5.32 Å². The monoisotopic (exact) mass is 242 g/mol. The van der Waals surface area contributed by atoms with Gasteiger partial charge in [0.05, 0.1) is 12.3 Å². The molecule has 0 saturated carbocycles. The summed E-state index contributed by atoms with van der Waals surface area (Å²) in [5, 5.41) is 6.96. The molecule has 1 aliphatic heterocycles. The zero-order chi connectivity index (χ0) is 12.4. The van der Waals surface area contributed by atoms with Gasteiger partial charge in [0.15, 0.2) is 0 Å². The van der Waals surface area contributed by atoms with Gasteiger partial charge in [0.2, 0.25) is 0 Å². The zero-order valence-corrected chi connectivity index (χ0v) is 10.6. The maximum atomic E-state index is 5.40. The van der Waals surface area contributed by atoms with Crippen LogP contribution in [0.4, 0.5) is 5.69 Å². The first kappa shape index (κ1) is 11.4. The second-order valence-corrected chi connectivity index (χ2v) is 4.75. The normalized spacial score (nSPS) is 15.2. The van der Waals surface area contributed by atoms with Gasteiger partial charge in [0.1, 0.15) is 5.76 Å². The average molecular weight is 242 g/mol. The van der Waals surface area contributed by atoms with Gasteiger partial charge >= 0.3 is 0 Å². The Morgan fingerprint density at radius 2 is 2.28 bits per heavy atom. The van der Waals surface area contributed by atoms with Crippen LogP contribution < -0.4 is 10.6 Å². The van der Waals surface area contributed by atoms with Crippen LogP contribution in [-0.4, -0.2) is 6.54 Å². The van der Waals surface area contributed by atoms with Crippen LogP contribution in [0.2, 0.25) is 0 Å². The van der Waals surface area contributed by atoms with Gasteiger partial charge in [-0.3, -0.25) is 0 Å². The molecule has 0 unspecified atom stereocenters. The van der Waals surface area contributed by atoms with Crippen molar-refractivity contribution < 1.29 is 4.42 Å². The van der Waals surface area contributed by atoms with Crippen molar-refractivity contribution in [3.8, 4) is 0 Å². The lowest BCUT2D eigenvalue weighted by Gasteiger charge is -2.14. The lowest BCUT2D eigenvalue weighted by Crippen LogP contribution is -2.18. The number of furan rings is 1. The molecule has 0 spiro atoms. The molecular formula is C15H18N2O. The molecule has 3 rings (SSSR count). The first-order valence-electron chi connectivity index (χ1n) is 6.46. The molecular weight excluding hydrogens is 224 g/mol. The second kappa shape index (κ2) is 4.86. The van der Waals surface area contributed by atoms with E-state index in [1.807, 2.05) is 12.1 Å². The Labute approximate surface area is 107 Å². The molecule has 0 amide bonds. The van der Waals surface area contributed by atoms with Crippen LogP contribution in [0.25, 0.3) is 0 Å². The molecule has 2 heterocycles. The molecule has 0 aliphatic carbocycles. The van der Waals surface area contributed by atoms with Crippen molar-refractivity contribution in [2.75, 3.05) is 11.9 Å². The topological polar surface area (TPSA) is 37.2 Å². The van der Waals surface area contributed by atoms with E-state index in [0.717, 1.165) is 25.3 Å². The van der Waals surface area contributed by atoms with Crippen LogP contribution >= 0.6 is 0 Å². The van der Waals surface area contributed by atoms with E-state index in [0.29, 0.717) is 0 Å². The number of nitrogens with one attached hydrogen (secondary N) is 2. The molecule has 2 aromatic rings. The molecule has 3 heteroatoms. The van der Waals surface area contributed by atoms with Crippen LogP contribution in [0.5, 0.6) is 0 Å². The van der Waals surface area contributed by atoms with Crippen LogP contribution in [0.3, 0.4) is 0 Å². The quantitative estimate of drug-likeness (QED) is 0.865. The van der Waals surface area contributed by atoms with Crippen LogP contribution in [0, 0.1) is 0 Å². The molecule has 1 aromatic carbocycles. The number of anilines is 1. The van der Waals surface area contributed by atoms with Gasteiger partial charge in [0.25, 0.3) is 0 Å². The highest BCUT2D eigenvalue weighted by Gasteiger charge is 2.14. The fraction of sp³-hybridized carbons (Fsp3) is 0.333. The smallest absolute Gasteiger partial charge is 0.120 e. The van der Waals surface area contributed by atoms with Crippen molar-refractivity contribution in [2.45, 2.75) is 25.9 Å². The Hall–Kier alpha value is -1.74. The fourth-order valence-corrected chi connectivity index (χ4v) is 2.46. The van der Waals surface area contributed by atoms with Gasteiger partial charge in [-0.05, 0) is 36.6 Å². The van der Waals surface area contributed by atoms with Crippen molar-refractivity contribution in [3.05, 3.63) is 53.5 Å². The predicted octanol–water partition coefficient (Wildman–Crippen LogP) is 3.10. The fourth-order valence-electron chi connectivity index (χ4n) is 2.46. The average Bonchev–Trinajstić information content (AvgIpc) is 3.05. The number of benzene rings is 1. The minimum Gasteiger partial charge on any atom is -0.468 e. The number of hydrogen-bond donors (Lipinski definition) is 2. The summed E-state index contributed by atoms with van der Waals surface area (Å²) in [6.07, 6.45) is 2.85. The van der Waals surface area contributed by atoms with Gasteiger partial charge in [-0.1, -0.05) is 18.2 Å². The number of fused-ring (bicyclic) bond motifs is 1. The maximum Gasteiger partial charge on any atom is 0.120 e. The third-order valence-corrected chi connectivity index (χ3v) is 3.50. The van der Waals surface area contributed by atoms with E-state index in [4.69, 9.17) is 4.42 Å². The summed E-state index contributed by atoms with van der Waals surface area (Å²) in [6.45, 7) is 4.04. The zero-order valence-electron chi connectivity index (χ0n) is 10.6. The van der Waals surface area contributed by atoms with E-state index in [9.17, 15) is 0 Å². The van der Waals surface area contributed by atoms with E-state index in [1.165, 1.54) is 16.8 Å². The molecule has 2 N–H and O–H groups in total. The van der Waals surface area contributed by atoms with Gasteiger partial charge in [-0.25, -0.2) is 0 Å². The first-order valence-corrected chi connectivity index (χ1v) is 6.46. The van der Waals surface area contributed by atoms with E-state index < -0.39 is 0 Å². The minimum atomic E-state index is 0.234. The summed E-state index contributed by atoms with van der Waals surface area (Å²) in [4.78, 5) is 0. The van der Waals surface area contributed by atoms with Gasteiger partial charge in [-0.2, -0.15) is 0 Å². The molecule has 1 atom stereocenters. The molecule has 18 heavy (non-hydrogen) atoms. The number of hydrogen-bond acceptors (Lipinski definition) is 3.